The number of nitrogens with two attached hydrogens (primary N) is 1. The molecule has 2 heterocycles. The molecule has 6 heteroatoms. The van der Waals surface area contributed by atoms with Gasteiger partial charge in [-0.25, -0.2) is 0 Å². The van der Waals surface area contributed by atoms with Gasteiger partial charge in [-0.3, -0.25) is 14.5 Å². The van der Waals surface area contributed by atoms with E-state index in [-0.39, 0.29) is 23.4 Å². The summed E-state index contributed by atoms with van der Waals surface area (Å²) < 4.78 is 0. The van der Waals surface area contributed by atoms with Gasteiger partial charge < -0.3 is 15.8 Å². The molecule has 0 atom stereocenters. The number of nitrogens with zero attached hydrogens (tertiary/aromatic N) is 1. The number of aromatic hydroxyl groups is 1. The molecule has 1 aliphatic rings. The van der Waals surface area contributed by atoms with E-state index in [0.717, 1.165) is 10.9 Å². The largest absolute Gasteiger partial charge is 0.508 e. The minimum Gasteiger partial charge on any atom is -0.508 e. The molecule has 4 N–H and O–H groups in total. The predicted molar refractivity (Wildman–Crippen MR) is 82.7 cm³/mol. The summed E-state index contributed by atoms with van der Waals surface area (Å²) >= 11 is 0. The third kappa shape index (κ3) is 2.82. The number of phenols is 1. The summed E-state index contributed by atoms with van der Waals surface area (Å²) in [7, 11) is 0. The van der Waals surface area contributed by atoms with Gasteiger partial charge in [-0.15, -0.1) is 0 Å². The van der Waals surface area contributed by atoms with Gasteiger partial charge in [0.15, 0.2) is 5.78 Å². The summed E-state index contributed by atoms with van der Waals surface area (Å²) in [6, 6.07) is 4.93. The van der Waals surface area contributed by atoms with Gasteiger partial charge in [0.05, 0.1) is 6.54 Å². The molecule has 1 aliphatic heterocycles. The van der Waals surface area contributed by atoms with Crippen molar-refractivity contribution in [3.63, 3.8) is 0 Å². The topological polar surface area (TPSA) is 99.4 Å². The Morgan fingerprint density at radius 2 is 2.05 bits per heavy atom. The Hall–Kier alpha value is -2.34. The van der Waals surface area contributed by atoms with Crippen LogP contribution < -0.4 is 5.73 Å². The number of hydrogen-bond acceptors (Lipinski definition) is 4. The van der Waals surface area contributed by atoms with E-state index in [9.17, 15) is 14.7 Å². The SMILES string of the molecule is NC(=O)C1CCN(CC(=O)c2c[nH]c3ccc(O)cc23)CC1. The van der Waals surface area contributed by atoms with Crippen molar-refractivity contribution in [2.24, 2.45) is 11.7 Å². The van der Waals surface area contributed by atoms with Crippen molar-refractivity contribution in [3.8, 4) is 5.75 Å². The Labute approximate surface area is 127 Å². The average molecular weight is 301 g/mol. The van der Waals surface area contributed by atoms with E-state index in [1.807, 2.05) is 4.90 Å². The number of H-pyrrole nitrogens is 1. The molecule has 0 bridgehead atoms. The number of amides is 1. The van der Waals surface area contributed by atoms with Crippen molar-refractivity contribution in [1.29, 1.82) is 0 Å². The van der Waals surface area contributed by atoms with E-state index in [0.29, 0.717) is 38.0 Å². The number of ketones is 1. The molecule has 0 aliphatic carbocycles. The minimum absolute atomic E-state index is 0.00868. The molecule has 3 rings (SSSR count). The quantitative estimate of drug-likeness (QED) is 0.740. The summed E-state index contributed by atoms with van der Waals surface area (Å²) in [5, 5.41) is 10.3. The van der Waals surface area contributed by atoms with Crippen molar-refractivity contribution in [1.82, 2.24) is 9.88 Å². The monoisotopic (exact) mass is 301 g/mol. The lowest BCUT2D eigenvalue weighted by molar-refractivity contribution is -0.123. The number of rotatable bonds is 4. The van der Waals surface area contributed by atoms with Gasteiger partial charge in [0.1, 0.15) is 5.75 Å². The summed E-state index contributed by atoms with van der Waals surface area (Å²) in [5.41, 5.74) is 6.73. The van der Waals surface area contributed by atoms with Crippen molar-refractivity contribution < 1.29 is 14.7 Å². The molecule has 1 amide bonds. The Bertz CT molecular complexity index is 714. The summed E-state index contributed by atoms with van der Waals surface area (Å²) in [4.78, 5) is 28.7. The first-order chi connectivity index (χ1) is 10.5. The average Bonchev–Trinajstić information content (AvgIpc) is 2.90. The number of primary amides is 1. The van der Waals surface area contributed by atoms with Crippen LogP contribution in [-0.4, -0.2) is 46.3 Å². The van der Waals surface area contributed by atoms with Gasteiger partial charge in [-0.05, 0) is 44.1 Å². The Balaban J connectivity index is 1.69. The fraction of sp³-hybridized carbons (Fsp3) is 0.375. The highest BCUT2D eigenvalue weighted by Crippen LogP contribution is 2.24. The Morgan fingerprint density at radius 3 is 2.73 bits per heavy atom. The molecule has 6 nitrogen and oxygen atoms in total. The maximum Gasteiger partial charge on any atom is 0.220 e. The minimum atomic E-state index is -0.252. The third-order valence-corrected chi connectivity index (χ3v) is 4.32. The van der Waals surface area contributed by atoms with E-state index >= 15 is 0 Å². The molecule has 116 valence electrons. The zero-order valence-corrected chi connectivity index (χ0v) is 12.2. The molecule has 1 saturated heterocycles. The summed E-state index contributed by atoms with van der Waals surface area (Å²) in [6.07, 6.45) is 3.09. The van der Waals surface area contributed by atoms with E-state index in [1.165, 1.54) is 0 Å². The van der Waals surface area contributed by atoms with E-state index in [2.05, 4.69) is 4.98 Å². The highest BCUT2D eigenvalue weighted by Gasteiger charge is 2.25. The normalized spacial score (nSPS) is 16.9. The molecule has 2 aromatic rings. The fourth-order valence-corrected chi connectivity index (χ4v) is 3.00. The van der Waals surface area contributed by atoms with Crippen molar-refractivity contribution in [2.75, 3.05) is 19.6 Å². The number of nitrogens with one attached hydrogen (secondary N) is 1. The molecule has 1 fully saturated rings. The van der Waals surface area contributed by atoms with Crippen LogP contribution in [0.5, 0.6) is 5.75 Å². The van der Waals surface area contributed by atoms with Crippen molar-refractivity contribution in [2.45, 2.75) is 12.8 Å². The van der Waals surface area contributed by atoms with Crippen LogP contribution in [0.3, 0.4) is 0 Å². The van der Waals surface area contributed by atoms with Gasteiger partial charge in [0, 0.05) is 28.6 Å². The smallest absolute Gasteiger partial charge is 0.220 e. The second-order valence-corrected chi connectivity index (χ2v) is 5.81. The van der Waals surface area contributed by atoms with Crippen LogP contribution in [0.4, 0.5) is 0 Å². The fourth-order valence-electron chi connectivity index (χ4n) is 3.00. The van der Waals surface area contributed by atoms with Crippen molar-refractivity contribution in [3.05, 3.63) is 30.0 Å². The van der Waals surface area contributed by atoms with E-state index in [4.69, 9.17) is 5.73 Å². The standard InChI is InChI=1S/C16H19N3O3/c17-16(22)10-3-5-19(6-4-10)9-15(21)13-8-18-14-2-1-11(20)7-12(13)14/h1-2,7-8,10,18,20H,3-6,9H2,(H2,17,22). The number of Topliss-reactive ketones (excluding diaryl/α,β-unsaturated/α-hetero) is 1. The van der Waals surface area contributed by atoms with Crippen LogP contribution in [0.1, 0.15) is 23.2 Å². The number of fused-ring (bicyclic) bond motifs is 1. The predicted octanol–water partition coefficient (Wildman–Crippen LogP) is 1.25. The first-order valence-electron chi connectivity index (χ1n) is 7.39. The number of benzene rings is 1. The lowest BCUT2D eigenvalue weighted by Crippen LogP contribution is -2.40. The number of carbonyl (C=O) groups is 2. The lowest BCUT2D eigenvalue weighted by atomic mass is 9.96. The molecular weight excluding hydrogens is 282 g/mol. The number of carbonyl (C=O) groups excluding carboxylic acids is 2. The van der Waals surface area contributed by atoms with Gasteiger partial charge in [0.25, 0.3) is 0 Å². The van der Waals surface area contributed by atoms with Crippen molar-refractivity contribution >= 4 is 22.6 Å². The highest BCUT2D eigenvalue weighted by molar-refractivity contribution is 6.09. The van der Waals surface area contributed by atoms with Crippen LogP contribution >= 0.6 is 0 Å². The summed E-state index contributed by atoms with van der Waals surface area (Å²) in [5.74, 6) is -0.174. The number of piperidine rings is 1. The van der Waals surface area contributed by atoms with Gasteiger partial charge in [-0.2, -0.15) is 0 Å². The third-order valence-electron chi connectivity index (χ3n) is 4.32. The second-order valence-electron chi connectivity index (χ2n) is 5.81. The molecule has 1 aromatic carbocycles. The van der Waals surface area contributed by atoms with Gasteiger partial charge >= 0.3 is 0 Å². The number of aromatic nitrogens is 1. The van der Waals surface area contributed by atoms with E-state index < -0.39 is 0 Å². The number of phenolic OH excluding ortho intramolecular Hbond substituents is 1. The number of aromatic amines is 1. The number of hydrogen-bond donors (Lipinski definition) is 3. The molecule has 1 aromatic heterocycles. The number of likely N-dealkylation sites (tertiary alicyclic amines) is 1. The molecule has 0 saturated carbocycles. The maximum absolute atomic E-state index is 12.5. The highest BCUT2D eigenvalue weighted by atomic mass is 16.3. The summed E-state index contributed by atoms with van der Waals surface area (Å²) in [6.45, 7) is 1.72. The zero-order chi connectivity index (χ0) is 15.7. The zero-order valence-electron chi connectivity index (χ0n) is 12.2. The van der Waals surface area contributed by atoms with Crippen LogP contribution in [0.25, 0.3) is 10.9 Å². The molecule has 0 radical (unpaired) electrons. The molecule has 0 unspecified atom stereocenters. The molecule has 0 spiro atoms. The molecular formula is C16H19N3O3. The Morgan fingerprint density at radius 1 is 1.32 bits per heavy atom. The first kappa shape index (κ1) is 14.6. The first-order valence-corrected chi connectivity index (χ1v) is 7.39. The second kappa shape index (κ2) is 5.81. The van der Waals surface area contributed by atoms with Crippen LogP contribution in [0.15, 0.2) is 24.4 Å². The van der Waals surface area contributed by atoms with E-state index in [1.54, 1.807) is 24.4 Å². The van der Waals surface area contributed by atoms with Crippen LogP contribution in [-0.2, 0) is 4.79 Å². The molecule has 22 heavy (non-hydrogen) atoms. The van der Waals surface area contributed by atoms with Gasteiger partial charge in [-0.1, -0.05) is 0 Å². The van der Waals surface area contributed by atoms with Crippen LogP contribution in [0.2, 0.25) is 0 Å². The Kier molecular flexibility index (Phi) is 3.85. The lowest BCUT2D eigenvalue weighted by Gasteiger charge is -2.29. The van der Waals surface area contributed by atoms with Crippen LogP contribution in [0, 0.1) is 5.92 Å². The maximum atomic E-state index is 12.5. The van der Waals surface area contributed by atoms with Gasteiger partial charge in [0.2, 0.25) is 5.91 Å².